The van der Waals surface area contributed by atoms with E-state index in [1.54, 1.807) is 0 Å². The molecular weight excluding hydrogens is 278 g/mol. The van der Waals surface area contributed by atoms with Gasteiger partial charge >= 0.3 is 0 Å². The fraction of sp³-hybridized carbons (Fsp3) is 0.529. The third-order valence-corrected chi connectivity index (χ3v) is 4.15. The van der Waals surface area contributed by atoms with Crippen LogP contribution in [-0.2, 0) is 6.54 Å². The number of H-pyrrole nitrogens is 1. The predicted octanol–water partition coefficient (Wildman–Crippen LogP) is 5.21. The number of hydrogen-bond acceptors (Lipinski definition) is 2. The van der Waals surface area contributed by atoms with Crippen LogP contribution in [0.4, 0.5) is 0 Å². The highest BCUT2D eigenvalue weighted by Crippen LogP contribution is 2.28. The van der Waals surface area contributed by atoms with Gasteiger partial charge in [0, 0.05) is 12.1 Å². The average molecular weight is 303 g/mol. The van der Waals surface area contributed by atoms with Gasteiger partial charge in [0.1, 0.15) is 0 Å². The SMILES string of the molecule is CCCCCC(C)(C)Cn1c(-c2ccccc2)n[nH]c1=S. The molecule has 0 saturated carbocycles. The second kappa shape index (κ2) is 7.03. The monoisotopic (exact) mass is 303 g/mol. The van der Waals surface area contributed by atoms with Crippen LogP contribution in [-0.4, -0.2) is 14.8 Å². The second-order valence-corrected chi connectivity index (χ2v) is 6.81. The van der Waals surface area contributed by atoms with Crippen LogP contribution in [0.15, 0.2) is 30.3 Å². The molecule has 1 N–H and O–H groups in total. The van der Waals surface area contributed by atoms with Crippen LogP contribution in [0.5, 0.6) is 0 Å². The molecule has 0 fully saturated rings. The van der Waals surface area contributed by atoms with Crippen LogP contribution >= 0.6 is 12.2 Å². The maximum Gasteiger partial charge on any atom is 0.195 e. The zero-order chi connectivity index (χ0) is 15.3. The molecule has 0 aliphatic heterocycles. The predicted molar refractivity (Wildman–Crippen MR) is 90.8 cm³/mol. The van der Waals surface area contributed by atoms with Crippen LogP contribution in [0.25, 0.3) is 11.4 Å². The lowest BCUT2D eigenvalue weighted by molar-refractivity contribution is 0.271. The Bertz CT molecular complexity index is 610. The summed E-state index contributed by atoms with van der Waals surface area (Å²) >= 11 is 5.42. The summed E-state index contributed by atoms with van der Waals surface area (Å²) in [6, 6.07) is 10.2. The smallest absolute Gasteiger partial charge is 0.195 e. The molecule has 114 valence electrons. The molecule has 0 radical (unpaired) electrons. The Morgan fingerprint density at radius 2 is 1.90 bits per heavy atom. The third-order valence-electron chi connectivity index (χ3n) is 3.83. The maximum atomic E-state index is 5.42. The minimum atomic E-state index is 0.223. The van der Waals surface area contributed by atoms with Crippen molar-refractivity contribution in [2.24, 2.45) is 5.41 Å². The molecule has 0 atom stereocenters. The van der Waals surface area contributed by atoms with Gasteiger partial charge in [-0.05, 0) is 24.1 Å². The summed E-state index contributed by atoms with van der Waals surface area (Å²) in [6.45, 7) is 7.77. The average Bonchev–Trinajstić information content (AvgIpc) is 2.81. The van der Waals surface area contributed by atoms with E-state index in [1.165, 1.54) is 25.7 Å². The van der Waals surface area contributed by atoms with E-state index in [9.17, 15) is 0 Å². The van der Waals surface area contributed by atoms with E-state index < -0.39 is 0 Å². The minimum absolute atomic E-state index is 0.223. The van der Waals surface area contributed by atoms with Crippen LogP contribution in [0, 0.1) is 10.2 Å². The van der Waals surface area contributed by atoms with E-state index in [-0.39, 0.29) is 5.41 Å². The Balaban J connectivity index is 2.21. The van der Waals surface area contributed by atoms with E-state index in [0.29, 0.717) is 4.77 Å². The molecule has 1 aromatic heterocycles. The summed E-state index contributed by atoms with van der Waals surface area (Å²) in [4.78, 5) is 0. The first-order valence-corrected chi connectivity index (χ1v) is 8.15. The minimum Gasteiger partial charge on any atom is -0.300 e. The van der Waals surface area contributed by atoms with Crippen LogP contribution < -0.4 is 0 Å². The summed E-state index contributed by atoms with van der Waals surface area (Å²) in [7, 11) is 0. The molecule has 1 heterocycles. The van der Waals surface area contributed by atoms with Gasteiger partial charge in [0.2, 0.25) is 0 Å². The number of nitrogens with one attached hydrogen (secondary N) is 1. The number of benzene rings is 1. The normalized spacial score (nSPS) is 11.8. The van der Waals surface area contributed by atoms with Gasteiger partial charge < -0.3 is 0 Å². The lowest BCUT2D eigenvalue weighted by Crippen LogP contribution is -2.20. The number of unbranched alkanes of at least 4 members (excludes halogenated alkanes) is 2. The van der Waals surface area contributed by atoms with Crippen LogP contribution in [0.1, 0.15) is 46.5 Å². The quantitative estimate of drug-likeness (QED) is 0.562. The van der Waals surface area contributed by atoms with E-state index in [4.69, 9.17) is 12.2 Å². The standard InChI is InChI=1S/C17H25N3S/c1-4-5-9-12-17(2,3)13-20-15(18-19-16(20)21)14-10-7-6-8-11-14/h6-8,10-11H,4-5,9,12-13H2,1-3H3,(H,19,21). The lowest BCUT2D eigenvalue weighted by Gasteiger charge is -2.25. The van der Waals surface area contributed by atoms with Gasteiger partial charge in [0.05, 0.1) is 0 Å². The van der Waals surface area contributed by atoms with Crippen molar-refractivity contribution in [3.05, 3.63) is 35.1 Å². The van der Waals surface area contributed by atoms with E-state index >= 15 is 0 Å². The molecule has 21 heavy (non-hydrogen) atoms. The Labute approximate surface area is 132 Å². The second-order valence-electron chi connectivity index (χ2n) is 6.43. The van der Waals surface area contributed by atoms with Crippen molar-refractivity contribution in [3.8, 4) is 11.4 Å². The molecule has 0 aliphatic rings. The van der Waals surface area contributed by atoms with Gasteiger partial charge in [-0.25, -0.2) is 0 Å². The summed E-state index contributed by atoms with van der Waals surface area (Å²) in [5.74, 6) is 0.934. The zero-order valence-electron chi connectivity index (χ0n) is 13.2. The Morgan fingerprint density at radius 3 is 2.57 bits per heavy atom. The summed E-state index contributed by atoms with van der Waals surface area (Å²) in [5, 5.41) is 7.35. The highest BCUT2D eigenvalue weighted by molar-refractivity contribution is 7.71. The number of hydrogen-bond donors (Lipinski definition) is 1. The Kier molecular flexibility index (Phi) is 5.34. The van der Waals surface area contributed by atoms with E-state index in [1.807, 2.05) is 18.2 Å². The van der Waals surface area contributed by atoms with Crippen molar-refractivity contribution < 1.29 is 0 Å². The van der Waals surface area contributed by atoms with Crippen molar-refractivity contribution in [2.75, 3.05) is 0 Å². The van der Waals surface area contributed by atoms with Crippen LogP contribution in [0.2, 0.25) is 0 Å². The first kappa shape index (κ1) is 16.0. The molecule has 0 aliphatic carbocycles. The Morgan fingerprint density at radius 1 is 1.19 bits per heavy atom. The van der Waals surface area contributed by atoms with Gasteiger partial charge in [0.15, 0.2) is 10.6 Å². The van der Waals surface area contributed by atoms with Crippen LogP contribution in [0.3, 0.4) is 0 Å². The molecule has 2 aromatic rings. The van der Waals surface area contributed by atoms with Crippen molar-refractivity contribution in [1.29, 1.82) is 0 Å². The maximum absolute atomic E-state index is 5.42. The largest absolute Gasteiger partial charge is 0.300 e. The molecule has 3 nitrogen and oxygen atoms in total. The first-order valence-electron chi connectivity index (χ1n) is 7.74. The molecule has 0 bridgehead atoms. The van der Waals surface area contributed by atoms with Gasteiger partial charge in [-0.1, -0.05) is 70.4 Å². The highest BCUT2D eigenvalue weighted by atomic mass is 32.1. The fourth-order valence-electron chi connectivity index (χ4n) is 2.63. The first-order chi connectivity index (χ1) is 10.0. The fourth-order valence-corrected chi connectivity index (χ4v) is 2.83. The van der Waals surface area contributed by atoms with Gasteiger partial charge in [-0.2, -0.15) is 5.10 Å². The number of nitrogens with zero attached hydrogens (tertiary/aromatic N) is 2. The summed E-state index contributed by atoms with van der Waals surface area (Å²) in [5.41, 5.74) is 1.33. The molecule has 1 aromatic carbocycles. The highest BCUT2D eigenvalue weighted by Gasteiger charge is 2.21. The van der Waals surface area contributed by atoms with Gasteiger partial charge in [-0.15, -0.1) is 0 Å². The molecule has 0 spiro atoms. The summed E-state index contributed by atoms with van der Waals surface area (Å²) in [6.07, 6.45) is 5.04. The van der Waals surface area contributed by atoms with Crippen molar-refractivity contribution in [2.45, 2.75) is 53.0 Å². The molecule has 4 heteroatoms. The number of rotatable bonds is 7. The Hall–Kier alpha value is -1.42. The molecule has 2 rings (SSSR count). The van der Waals surface area contributed by atoms with E-state index in [0.717, 1.165) is 17.9 Å². The molecule has 0 amide bonds. The van der Waals surface area contributed by atoms with Gasteiger partial charge in [0.25, 0.3) is 0 Å². The molecule has 0 saturated heterocycles. The summed E-state index contributed by atoms with van der Waals surface area (Å²) < 4.78 is 2.84. The van der Waals surface area contributed by atoms with Crippen molar-refractivity contribution >= 4 is 12.2 Å². The topological polar surface area (TPSA) is 33.6 Å². The third kappa shape index (κ3) is 4.27. The lowest BCUT2D eigenvalue weighted by atomic mass is 9.86. The van der Waals surface area contributed by atoms with E-state index in [2.05, 4.69) is 47.7 Å². The van der Waals surface area contributed by atoms with Crippen molar-refractivity contribution in [3.63, 3.8) is 0 Å². The molecule has 0 unspecified atom stereocenters. The van der Waals surface area contributed by atoms with Gasteiger partial charge in [-0.3, -0.25) is 9.67 Å². The molecular formula is C17H25N3S. The number of aromatic amines is 1. The van der Waals surface area contributed by atoms with Crippen molar-refractivity contribution in [1.82, 2.24) is 14.8 Å². The number of aromatic nitrogens is 3. The zero-order valence-corrected chi connectivity index (χ0v) is 14.0.